The van der Waals surface area contributed by atoms with Crippen molar-refractivity contribution >= 4 is 21.6 Å². The second-order valence-electron chi connectivity index (χ2n) is 10.2. The summed E-state index contributed by atoms with van der Waals surface area (Å²) in [5.41, 5.74) is 3.19. The number of piperidine rings is 3. The molecule has 1 aromatic carbocycles. The molecule has 184 valence electrons. The number of anilines is 1. The van der Waals surface area contributed by atoms with Gasteiger partial charge in [-0.05, 0) is 68.5 Å². The van der Waals surface area contributed by atoms with Gasteiger partial charge in [-0.2, -0.15) is 5.10 Å². The highest BCUT2D eigenvalue weighted by atomic mass is 32.2. The third kappa shape index (κ3) is 4.78. The van der Waals surface area contributed by atoms with Gasteiger partial charge in [0.1, 0.15) is 0 Å². The molecule has 4 aliphatic rings. The normalized spacial score (nSPS) is 27.2. The molecule has 6 rings (SSSR count). The highest BCUT2D eigenvalue weighted by molar-refractivity contribution is 7.89. The zero-order valence-corrected chi connectivity index (χ0v) is 20.9. The number of rotatable bonds is 7. The predicted molar refractivity (Wildman–Crippen MR) is 131 cm³/mol. The van der Waals surface area contributed by atoms with Crippen molar-refractivity contribution in [3.8, 4) is 0 Å². The molecule has 4 fully saturated rings. The minimum atomic E-state index is -3.60. The van der Waals surface area contributed by atoms with Crippen LogP contribution in [0, 0.1) is 5.92 Å². The molecule has 3 saturated heterocycles. The molecule has 2 bridgehead atoms. The summed E-state index contributed by atoms with van der Waals surface area (Å²) in [6, 6.07) is 8.85. The van der Waals surface area contributed by atoms with Crippen LogP contribution in [-0.4, -0.2) is 54.7 Å². The largest absolute Gasteiger partial charge is 0.326 e. The molecular weight excluding hydrogens is 450 g/mol. The van der Waals surface area contributed by atoms with E-state index in [9.17, 15) is 13.2 Å². The standard InChI is InChI=1S/C25H35N5O3S/c1-17(31)27-20-7-9-22(10-8-20)34(32,33)26-15-21-13-19-11-12-30(21)16-23(19)25-14-24(28-29(25)2)18-5-3-4-6-18/h7-10,14,18-19,21,23,26H,3-6,11-13,15-16H2,1-2H3,(H,27,31). The van der Waals surface area contributed by atoms with Crippen LogP contribution in [0.15, 0.2) is 35.2 Å². The number of nitrogens with zero attached hydrogens (tertiary/aromatic N) is 3. The number of sulfonamides is 1. The SMILES string of the molecule is CC(=O)Nc1ccc(S(=O)(=O)NCC2CC3CCN2CC3c2cc(C3CCCC3)nn2C)cc1. The molecule has 34 heavy (non-hydrogen) atoms. The highest BCUT2D eigenvalue weighted by Gasteiger charge is 2.42. The van der Waals surface area contributed by atoms with Gasteiger partial charge in [0.15, 0.2) is 0 Å². The molecule has 1 saturated carbocycles. The third-order valence-corrected chi connectivity index (χ3v) is 9.40. The topological polar surface area (TPSA) is 96.3 Å². The van der Waals surface area contributed by atoms with E-state index >= 15 is 0 Å². The smallest absolute Gasteiger partial charge is 0.240 e. The summed E-state index contributed by atoms with van der Waals surface area (Å²) in [6.07, 6.45) is 7.30. The molecule has 3 aliphatic heterocycles. The maximum absolute atomic E-state index is 12.8. The molecule has 9 heteroatoms. The van der Waals surface area contributed by atoms with Crippen LogP contribution >= 0.6 is 0 Å². The molecule has 1 aliphatic carbocycles. The van der Waals surface area contributed by atoms with E-state index in [4.69, 9.17) is 5.10 Å². The molecule has 0 radical (unpaired) electrons. The van der Waals surface area contributed by atoms with Gasteiger partial charge in [-0.1, -0.05) is 12.8 Å². The first-order chi connectivity index (χ1) is 16.3. The van der Waals surface area contributed by atoms with Gasteiger partial charge in [0.05, 0.1) is 10.6 Å². The number of amides is 1. The van der Waals surface area contributed by atoms with Crippen LogP contribution in [0.1, 0.15) is 68.7 Å². The summed E-state index contributed by atoms with van der Waals surface area (Å²) >= 11 is 0. The van der Waals surface area contributed by atoms with E-state index in [-0.39, 0.29) is 16.8 Å². The van der Waals surface area contributed by atoms with Crippen LogP contribution in [0.5, 0.6) is 0 Å². The number of hydrogen-bond acceptors (Lipinski definition) is 5. The van der Waals surface area contributed by atoms with Crippen molar-refractivity contribution in [3.63, 3.8) is 0 Å². The van der Waals surface area contributed by atoms with Crippen LogP contribution in [0.2, 0.25) is 0 Å². The van der Waals surface area contributed by atoms with Crippen LogP contribution in [0.4, 0.5) is 5.69 Å². The van der Waals surface area contributed by atoms with E-state index in [1.165, 1.54) is 56.1 Å². The maximum Gasteiger partial charge on any atom is 0.240 e. The zero-order chi connectivity index (χ0) is 23.9. The Hall–Kier alpha value is -2.23. The minimum Gasteiger partial charge on any atom is -0.326 e. The fourth-order valence-electron chi connectivity index (χ4n) is 6.17. The van der Waals surface area contributed by atoms with Crippen LogP contribution < -0.4 is 10.0 Å². The van der Waals surface area contributed by atoms with Crippen LogP contribution in [0.25, 0.3) is 0 Å². The lowest BCUT2D eigenvalue weighted by Gasteiger charge is -2.50. The number of hydrogen-bond donors (Lipinski definition) is 2. The van der Waals surface area contributed by atoms with Crippen LogP contribution in [-0.2, 0) is 21.9 Å². The zero-order valence-electron chi connectivity index (χ0n) is 20.0. The number of fused-ring (bicyclic) bond motifs is 3. The molecule has 4 heterocycles. The molecule has 4 atom stereocenters. The van der Waals surface area contributed by atoms with Gasteiger partial charge >= 0.3 is 0 Å². The summed E-state index contributed by atoms with van der Waals surface area (Å²) in [6.45, 7) is 3.82. The Kier molecular flexibility index (Phi) is 6.52. The number of carbonyl (C=O) groups is 1. The van der Waals surface area contributed by atoms with Gasteiger partial charge in [-0.25, -0.2) is 13.1 Å². The predicted octanol–water partition coefficient (Wildman–Crippen LogP) is 3.19. The lowest BCUT2D eigenvalue weighted by atomic mass is 9.74. The second-order valence-corrected chi connectivity index (χ2v) is 12.0. The van der Waals surface area contributed by atoms with Crippen molar-refractivity contribution in [1.29, 1.82) is 0 Å². The van der Waals surface area contributed by atoms with E-state index < -0.39 is 10.0 Å². The Balaban J connectivity index is 1.21. The van der Waals surface area contributed by atoms with E-state index in [1.54, 1.807) is 12.1 Å². The first-order valence-electron chi connectivity index (χ1n) is 12.5. The Morgan fingerprint density at radius 3 is 2.53 bits per heavy atom. The van der Waals surface area contributed by atoms with Crippen LogP contribution in [0.3, 0.4) is 0 Å². The number of aromatic nitrogens is 2. The Labute approximate surface area is 202 Å². The van der Waals surface area contributed by atoms with Crippen molar-refractivity contribution in [2.45, 2.75) is 68.2 Å². The van der Waals surface area contributed by atoms with Gasteiger partial charge in [-0.15, -0.1) is 0 Å². The van der Waals surface area contributed by atoms with E-state index in [2.05, 4.69) is 32.7 Å². The fourth-order valence-corrected chi connectivity index (χ4v) is 7.24. The Morgan fingerprint density at radius 1 is 1.15 bits per heavy atom. The lowest BCUT2D eigenvalue weighted by molar-refractivity contribution is -0.114. The molecular formula is C25H35N5O3S. The molecule has 4 unspecified atom stereocenters. The number of nitrogens with one attached hydrogen (secondary N) is 2. The molecule has 0 spiro atoms. The first kappa shape index (κ1) is 23.5. The third-order valence-electron chi connectivity index (χ3n) is 7.96. The molecule has 2 N–H and O–H groups in total. The molecule has 1 amide bonds. The molecule has 1 aromatic heterocycles. The van der Waals surface area contributed by atoms with Gasteiger partial charge in [0.25, 0.3) is 0 Å². The quantitative estimate of drug-likeness (QED) is 0.628. The van der Waals surface area contributed by atoms with Crippen molar-refractivity contribution in [2.75, 3.05) is 25.0 Å². The number of carbonyl (C=O) groups excluding carboxylic acids is 1. The summed E-state index contributed by atoms with van der Waals surface area (Å²) < 4.78 is 30.6. The average Bonchev–Trinajstić information content (AvgIpc) is 3.48. The summed E-state index contributed by atoms with van der Waals surface area (Å²) in [5, 5.41) is 7.53. The Bertz CT molecular complexity index is 1140. The lowest BCUT2D eigenvalue weighted by Crippen LogP contribution is -2.56. The van der Waals surface area contributed by atoms with Gasteiger partial charge in [-0.3, -0.25) is 14.4 Å². The maximum atomic E-state index is 12.8. The average molecular weight is 486 g/mol. The molecule has 8 nitrogen and oxygen atoms in total. The number of benzene rings is 1. The van der Waals surface area contributed by atoms with Crippen molar-refractivity contribution in [2.24, 2.45) is 13.0 Å². The first-order valence-corrected chi connectivity index (χ1v) is 13.9. The second kappa shape index (κ2) is 9.43. The molecule has 2 aromatic rings. The van der Waals surface area contributed by atoms with Crippen molar-refractivity contribution in [3.05, 3.63) is 41.7 Å². The number of aryl methyl sites for hydroxylation is 1. The van der Waals surface area contributed by atoms with E-state index in [0.29, 0.717) is 30.0 Å². The highest BCUT2D eigenvalue weighted by Crippen LogP contribution is 2.43. The summed E-state index contributed by atoms with van der Waals surface area (Å²) in [4.78, 5) is 13.8. The van der Waals surface area contributed by atoms with Gasteiger partial charge < -0.3 is 5.32 Å². The summed E-state index contributed by atoms with van der Waals surface area (Å²) in [7, 11) is -1.53. The monoisotopic (exact) mass is 485 g/mol. The fraction of sp³-hybridized carbons (Fsp3) is 0.600. The van der Waals surface area contributed by atoms with Gasteiger partial charge in [0.2, 0.25) is 15.9 Å². The van der Waals surface area contributed by atoms with E-state index in [1.807, 2.05) is 0 Å². The van der Waals surface area contributed by atoms with Crippen molar-refractivity contribution in [1.82, 2.24) is 19.4 Å². The van der Waals surface area contributed by atoms with E-state index in [0.717, 1.165) is 25.9 Å². The minimum absolute atomic E-state index is 0.186. The van der Waals surface area contributed by atoms with Gasteiger partial charge in [0, 0.05) is 56.3 Å². The summed E-state index contributed by atoms with van der Waals surface area (Å²) in [5.74, 6) is 1.46. The van der Waals surface area contributed by atoms with Crippen molar-refractivity contribution < 1.29 is 13.2 Å². The Morgan fingerprint density at radius 2 is 1.88 bits per heavy atom.